The Labute approximate surface area is 134 Å². The molecule has 23 heavy (non-hydrogen) atoms. The molecule has 0 saturated carbocycles. The third-order valence-electron chi connectivity index (χ3n) is 3.41. The van der Waals surface area contributed by atoms with E-state index in [-0.39, 0.29) is 5.91 Å². The number of amides is 2. The van der Waals surface area contributed by atoms with Crippen LogP contribution in [-0.2, 0) is 0 Å². The number of rotatable bonds is 4. The molecule has 0 spiro atoms. The van der Waals surface area contributed by atoms with Crippen molar-refractivity contribution < 1.29 is 14.7 Å². The van der Waals surface area contributed by atoms with Gasteiger partial charge in [-0.2, -0.15) is 5.10 Å². The molecule has 0 unspecified atom stereocenters. The lowest BCUT2D eigenvalue weighted by Gasteiger charge is -2.33. The normalized spacial score (nSPS) is 11.5. The Hall–Kier alpha value is -2.57. The molecule has 0 aliphatic rings. The predicted octanol–water partition coefficient (Wildman–Crippen LogP) is 2.76. The van der Waals surface area contributed by atoms with E-state index < -0.39 is 11.6 Å². The first-order chi connectivity index (χ1) is 10.8. The van der Waals surface area contributed by atoms with Crippen molar-refractivity contribution in [3.63, 3.8) is 0 Å². The maximum atomic E-state index is 12.2. The maximum Gasteiger partial charge on any atom is 0.412 e. The Morgan fingerprint density at radius 2 is 2.09 bits per heavy atom. The van der Waals surface area contributed by atoms with Crippen LogP contribution in [0.2, 0.25) is 0 Å². The van der Waals surface area contributed by atoms with Crippen molar-refractivity contribution in [3.05, 3.63) is 30.1 Å². The highest BCUT2D eigenvalue weighted by Gasteiger charge is 2.28. The van der Waals surface area contributed by atoms with E-state index in [1.54, 1.807) is 22.8 Å². The van der Waals surface area contributed by atoms with Gasteiger partial charge in [-0.1, -0.05) is 6.92 Å². The number of carboxylic acid groups (broad SMARTS) is 1. The van der Waals surface area contributed by atoms with E-state index in [0.717, 1.165) is 6.42 Å². The van der Waals surface area contributed by atoms with Crippen LogP contribution in [0.15, 0.2) is 24.5 Å². The topological polar surface area (TPSA) is 86.9 Å². The summed E-state index contributed by atoms with van der Waals surface area (Å²) in [5.74, 6) is -0.211. The number of nitrogens with zero attached hydrogens (tertiary/aromatic N) is 3. The van der Waals surface area contributed by atoms with Gasteiger partial charge in [-0.25, -0.2) is 9.31 Å². The summed E-state index contributed by atoms with van der Waals surface area (Å²) in [6, 6.07) is 3.35. The van der Waals surface area contributed by atoms with Crippen molar-refractivity contribution in [1.82, 2.24) is 14.9 Å². The van der Waals surface area contributed by atoms with Crippen LogP contribution < -0.4 is 10.2 Å². The second-order valence-corrected chi connectivity index (χ2v) is 6.32. The minimum absolute atomic E-state index is 0.211. The summed E-state index contributed by atoms with van der Waals surface area (Å²) in [6.07, 6.45) is 2.95. The van der Waals surface area contributed by atoms with Crippen molar-refractivity contribution in [3.8, 4) is 0 Å². The molecular formula is C16H22N4O3. The number of aromatic nitrogens is 2. The monoisotopic (exact) mass is 318 g/mol. The quantitative estimate of drug-likeness (QED) is 0.907. The zero-order chi connectivity index (χ0) is 17.2. The first-order valence-corrected chi connectivity index (χ1v) is 7.54. The summed E-state index contributed by atoms with van der Waals surface area (Å²) in [5.41, 5.74) is 0.906. The SMILES string of the molecule is CCCNC(=O)c1cnn2ccc(N(C(=O)O)C(C)(C)C)cc12. The molecule has 0 bridgehead atoms. The molecule has 0 aliphatic carbocycles. The molecule has 2 N–H and O–H groups in total. The molecule has 0 atom stereocenters. The lowest BCUT2D eigenvalue weighted by molar-refractivity contribution is 0.0955. The maximum absolute atomic E-state index is 12.2. The van der Waals surface area contributed by atoms with Crippen LogP contribution >= 0.6 is 0 Å². The molecule has 0 aromatic carbocycles. The fraction of sp³-hybridized carbons (Fsp3) is 0.438. The Morgan fingerprint density at radius 1 is 1.39 bits per heavy atom. The molecule has 2 amide bonds. The van der Waals surface area contributed by atoms with E-state index in [1.807, 2.05) is 27.7 Å². The first kappa shape index (κ1) is 16.8. The van der Waals surface area contributed by atoms with Crippen LogP contribution in [0.25, 0.3) is 5.52 Å². The van der Waals surface area contributed by atoms with E-state index in [4.69, 9.17) is 0 Å². The summed E-state index contributed by atoms with van der Waals surface area (Å²) < 4.78 is 1.56. The van der Waals surface area contributed by atoms with E-state index in [0.29, 0.717) is 23.3 Å². The van der Waals surface area contributed by atoms with Gasteiger partial charge < -0.3 is 10.4 Å². The molecule has 7 nitrogen and oxygen atoms in total. The number of carbonyl (C=O) groups excluding carboxylic acids is 1. The average molecular weight is 318 g/mol. The Morgan fingerprint density at radius 3 is 2.65 bits per heavy atom. The zero-order valence-electron chi connectivity index (χ0n) is 13.8. The number of nitrogens with one attached hydrogen (secondary N) is 1. The summed E-state index contributed by atoms with van der Waals surface area (Å²) in [4.78, 5) is 25.1. The van der Waals surface area contributed by atoms with Crippen molar-refractivity contribution in [2.45, 2.75) is 39.7 Å². The van der Waals surface area contributed by atoms with E-state index in [2.05, 4.69) is 10.4 Å². The van der Waals surface area contributed by atoms with Crippen molar-refractivity contribution in [2.75, 3.05) is 11.4 Å². The van der Waals surface area contributed by atoms with Gasteiger partial charge in [0.1, 0.15) is 0 Å². The third-order valence-corrected chi connectivity index (χ3v) is 3.41. The van der Waals surface area contributed by atoms with Crippen LogP contribution in [0, 0.1) is 0 Å². The third kappa shape index (κ3) is 3.44. The number of fused-ring (bicyclic) bond motifs is 1. The van der Waals surface area contributed by atoms with Gasteiger partial charge in [0, 0.05) is 18.3 Å². The summed E-state index contributed by atoms with van der Waals surface area (Å²) in [5, 5.41) is 16.5. The molecular weight excluding hydrogens is 296 g/mol. The lowest BCUT2D eigenvalue weighted by Crippen LogP contribution is -2.45. The first-order valence-electron chi connectivity index (χ1n) is 7.54. The molecule has 0 radical (unpaired) electrons. The predicted molar refractivity (Wildman–Crippen MR) is 88.1 cm³/mol. The molecule has 0 aliphatic heterocycles. The molecule has 2 heterocycles. The highest BCUT2D eigenvalue weighted by molar-refractivity contribution is 6.01. The molecule has 2 aromatic rings. The smallest absolute Gasteiger partial charge is 0.412 e. The van der Waals surface area contributed by atoms with Crippen molar-refractivity contribution in [1.29, 1.82) is 0 Å². The number of hydrogen-bond acceptors (Lipinski definition) is 3. The van der Waals surface area contributed by atoms with Gasteiger partial charge in [0.15, 0.2) is 0 Å². The highest BCUT2D eigenvalue weighted by atomic mass is 16.4. The molecule has 124 valence electrons. The standard InChI is InChI=1S/C16H22N4O3/c1-5-7-17-14(21)12-10-18-19-8-6-11(9-13(12)19)20(15(22)23)16(2,3)4/h6,8-10H,5,7H2,1-4H3,(H,17,21)(H,22,23). The minimum atomic E-state index is -1.04. The van der Waals surface area contributed by atoms with E-state index in [9.17, 15) is 14.7 Å². The largest absolute Gasteiger partial charge is 0.465 e. The fourth-order valence-electron chi connectivity index (χ4n) is 2.40. The van der Waals surface area contributed by atoms with Gasteiger partial charge in [0.2, 0.25) is 0 Å². The molecule has 7 heteroatoms. The molecule has 0 fully saturated rings. The van der Waals surface area contributed by atoms with Crippen LogP contribution in [0.5, 0.6) is 0 Å². The highest BCUT2D eigenvalue weighted by Crippen LogP contribution is 2.26. The Balaban J connectivity index is 2.48. The molecule has 0 saturated heterocycles. The van der Waals surface area contributed by atoms with Gasteiger partial charge in [-0.05, 0) is 39.3 Å². The number of hydrogen-bond donors (Lipinski definition) is 2. The van der Waals surface area contributed by atoms with Crippen LogP contribution in [0.4, 0.5) is 10.5 Å². The number of pyridine rings is 1. The molecule has 2 aromatic heterocycles. The van der Waals surface area contributed by atoms with Gasteiger partial charge >= 0.3 is 6.09 Å². The second kappa shape index (κ2) is 6.28. The van der Waals surface area contributed by atoms with Crippen LogP contribution in [0.1, 0.15) is 44.5 Å². The van der Waals surface area contributed by atoms with Gasteiger partial charge in [0.05, 0.1) is 23.0 Å². The summed E-state index contributed by atoms with van der Waals surface area (Å²) >= 11 is 0. The number of anilines is 1. The average Bonchev–Trinajstić information content (AvgIpc) is 2.86. The van der Waals surface area contributed by atoms with Gasteiger partial charge in [0.25, 0.3) is 5.91 Å². The van der Waals surface area contributed by atoms with Gasteiger partial charge in [-0.3, -0.25) is 9.69 Å². The van der Waals surface area contributed by atoms with E-state index in [1.165, 1.54) is 11.1 Å². The number of carbonyl (C=O) groups is 2. The summed E-state index contributed by atoms with van der Waals surface area (Å²) in [6.45, 7) is 8.01. The van der Waals surface area contributed by atoms with E-state index >= 15 is 0 Å². The van der Waals surface area contributed by atoms with Crippen molar-refractivity contribution >= 4 is 23.2 Å². The summed E-state index contributed by atoms with van der Waals surface area (Å²) in [7, 11) is 0. The van der Waals surface area contributed by atoms with Crippen molar-refractivity contribution in [2.24, 2.45) is 0 Å². The lowest BCUT2D eigenvalue weighted by atomic mass is 10.1. The van der Waals surface area contributed by atoms with Crippen LogP contribution in [-0.4, -0.2) is 38.8 Å². The second-order valence-electron chi connectivity index (χ2n) is 6.32. The fourth-order valence-corrected chi connectivity index (χ4v) is 2.40. The van der Waals surface area contributed by atoms with Gasteiger partial charge in [-0.15, -0.1) is 0 Å². The molecule has 2 rings (SSSR count). The Kier molecular flexibility index (Phi) is 4.58. The minimum Gasteiger partial charge on any atom is -0.465 e. The Bertz CT molecular complexity index is 730. The van der Waals surface area contributed by atoms with Crippen LogP contribution in [0.3, 0.4) is 0 Å². The zero-order valence-corrected chi connectivity index (χ0v) is 13.8.